The van der Waals surface area contributed by atoms with Crippen molar-refractivity contribution in [3.63, 3.8) is 0 Å². The molecule has 3 heteroatoms. The minimum Gasteiger partial charge on any atom is -0.389 e. The normalized spacial score (nSPS) is 56.1. The molecule has 0 aromatic heterocycles. The number of allylic oxidation sites excluding steroid dienone is 2. The van der Waals surface area contributed by atoms with Crippen molar-refractivity contribution in [2.24, 2.45) is 28.6 Å². The molecule has 4 rings (SSSR count). The highest BCUT2D eigenvalue weighted by molar-refractivity contribution is 5.35. The van der Waals surface area contributed by atoms with Gasteiger partial charge in [0.05, 0.1) is 18.3 Å². The van der Waals surface area contributed by atoms with E-state index in [0.717, 1.165) is 12.8 Å². The van der Waals surface area contributed by atoms with Crippen LogP contribution in [-0.2, 0) is 0 Å². The highest BCUT2D eigenvalue weighted by Crippen LogP contribution is 2.62. The van der Waals surface area contributed by atoms with Crippen molar-refractivity contribution in [3.8, 4) is 0 Å². The summed E-state index contributed by atoms with van der Waals surface area (Å²) in [5.74, 6) is 0.756. The van der Waals surface area contributed by atoms with Crippen LogP contribution in [0, 0.1) is 28.6 Å². The molecule has 0 aliphatic heterocycles. The molecule has 0 amide bonds. The lowest BCUT2D eigenvalue weighted by molar-refractivity contribution is -0.0819. The van der Waals surface area contributed by atoms with Crippen LogP contribution >= 0.6 is 0 Å². The van der Waals surface area contributed by atoms with Crippen molar-refractivity contribution in [2.45, 2.75) is 51.4 Å². The van der Waals surface area contributed by atoms with Gasteiger partial charge in [0.25, 0.3) is 0 Å². The molecule has 0 aromatic rings. The molecule has 8 atom stereocenters. The minimum absolute atomic E-state index is 0.0637. The first-order valence-electron chi connectivity index (χ1n) is 8.49. The zero-order valence-electron chi connectivity index (χ0n) is 13.3. The molecule has 22 heavy (non-hydrogen) atoms. The topological polar surface area (TPSA) is 60.7 Å². The maximum atomic E-state index is 10.8. The molecule has 0 saturated heterocycles. The van der Waals surface area contributed by atoms with Crippen LogP contribution in [-0.4, -0.2) is 33.6 Å². The van der Waals surface area contributed by atoms with E-state index in [1.807, 2.05) is 18.2 Å². The fraction of sp³-hybridized carbons (Fsp3) is 0.684. The molecule has 1 fully saturated rings. The fourth-order valence-corrected chi connectivity index (χ4v) is 5.66. The Hall–Kier alpha value is -0.900. The monoisotopic (exact) mass is 302 g/mol. The summed E-state index contributed by atoms with van der Waals surface area (Å²) in [4.78, 5) is 0. The van der Waals surface area contributed by atoms with Crippen molar-refractivity contribution in [2.75, 3.05) is 0 Å². The predicted molar refractivity (Wildman–Crippen MR) is 84.9 cm³/mol. The van der Waals surface area contributed by atoms with Gasteiger partial charge in [-0.2, -0.15) is 0 Å². The zero-order valence-corrected chi connectivity index (χ0v) is 13.3. The van der Waals surface area contributed by atoms with E-state index in [0.29, 0.717) is 12.3 Å². The molecule has 0 heterocycles. The van der Waals surface area contributed by atoms with Crippen LogP contribution in [0.1, 0.15) is 33.1 Å². The second-order valence-corrected chi connectivity index (χ2v) is 8.18. The first kappa shape index (κ1) is 14.7. The number of fused-ring (bicyclic) bond motifs is 5. The summed E-state index contributed by atoms with van der Waals surface area (Å²) in [6.45, 7) is 4.41. The predicted octanol–water partition coefficient (Wildman–Crippen LogP) is 2.19. The van der Waals surface area contributed by atoms with Gasteiger partial charge in [0.15, 0.2) is 0 Å². The summed E-state index contributed by atoms with van der Waals surface area (Å²) >= 11 is 0. The molecule has 120 valence electrons. The SMILES string of the molecule is C[C@]12C=CC(O)CC1=CC(O)[C@@H]1[C@H]2CC[C@]2(C)C(O)C=C[C@@H]12. The van der Waals surface area contributed by atoms with Crippen molar-refractivity contribution >= 4 is 0 Å². The molecule has 0 spiro atoms. The van der Waals surface area contributed by atoms with Gasteiger partial charge in [0, 0.05) is 10.8 Å². The van der Waals surface area contributed by atoms with Gasteiger partial charge >= 0.3 is 0 Å². The Morgan fingerprint density at radius 2 is 1.86 bits per heavy atom. The molecule has 4 aliphatic rings. The molecule has 3 nitrogen and oxygen atoms in total. The van der Waals surface area contributed by atoms with E-state index >= 15 is 0 Å². The first-order chi connectivity index (χ1) is 10.4. The maximum Gasteiger partial charge on any atom is 0.0780 e. The molecular weight excluding hydrogens is 276 g/mol. The first-order valence-corrected chi connectivity index (χ1v) is 8.49. The highest BCUT2D eigenvalue weighted by Gasteiger charge is 2.58. The Labute approximate surface area is 132 Å². The van der Waals surface area contributed by atoms with E-state index in [1.165, 1.54) is 5.57 Å². The van der Waals surface area contributed by atoms with Crippen molar-refractivity contribution < 1.29 is 15.3 Å². The largest absolute Gasteiger partial charge is 0.389 e. The third-order valence-corrected chi connectivity index (χ3v) is 7.13. The van der Waals surface area contributed by atoms with E-state index in [1.54, 1.807) is 0 Å². The quantitative estimate of drug-likeness (QED) is 0.601. The lowest BCUT2D eigenvalue weighted by Gasteiger charge is -2.57. The van der Waals surface area contributed by atoms with Crippen LogP contribution in [0.15, 0.2) is 36.0 Å². The zero-order chi connectivity index (χ0) is 15.7. The maximum absolute atomic E-state index is 10.8. The van der Waals surface area contributed by atoms with E-state index in [2.05, 4.69) is 26.0 Å². The number of aliphatic hydroxyl groups is 3. The van der Waals surface area contributed by atoms with Gasteiger partial charge in [-0.1, -0.05) is 49.8 Å². The van der Waals surface area contributed by atoms with Gasteiger partial charge in [-0.15, -0.1) is 0 Å². The molecular formula is C19H26O3. The highest BCUT2D eigenvalue weighted by atomic mass is 16.3. The van der Waals surface area contributed by atoms with E-state index < -0.39 is 18.3 Å². The van der Waals surface area contributed by atoms with Gasteiger partial charge < -0.3 is 15.3 Å². The summed E-state index contributed by atoms with van der Waals surface area (Å²) in [5, 5.41) is 31.1. The van der Waals surface area contributed by atoms with E-state index in [9.17, 15) is 15.3 Å². The van der Waals surface area contributed by atoms with Gasteiger partial charge in [-0.25, -0.2) is 0 Å². The average Bonchev–Trinajstić information content (AvgIpc) is 2.77. The van der Waals surface area contributed by atoms with Crippen molar-refractivity contribution in [3.05, 3.63) is 36.0 Å². The number of hydrogen-bond donors (Lipinski definition) is 3. The molecule has 4 aliphatic carbocycles. The smallest absolute Gasteiger partial charge is 0.0780 e. The van der Waals surface area contributed by atoms with Gasteiger partial charge in [0.2, 0.25) is 0 Å². The molecule has 0 aromatic carbocycles. The number of aliphatic hydroxyl groups excluding tert-OH is 3. The summed E-state index contributed by atoms with van der Waals surface area (Å²) in [6.07, 6.45) is 11.4. The Morgan fingerprint density at radius 3 is 2.64 bits per heavy atom. The Bertz CT molecular complexity index is 577. The van der Waals surface area contributed by atoms with Crippen molar-refractivity contribution in [1.29, 1.82) is 0 Å². The number of hydrogen-bond acceptors (Lipinski definition) is 3. The van der Waals surface area contributed by atoms with E-state index in [-0.39, 0.29) is 22.7 Å². The molecule has 3 unspecified atom stereocenters. The van der Waals surface area contributed by atoms with Gasteiger partial charge in [-0.3, -0.25) is 0 Å². The van der Waals surface area contributed by atoms with Crippen LogP contribution < -0.4 is 0 Å². The third kappa shape index (κ3) is 1.73. The lowest BCUT2D eigenvalue weighted by Crippen LogP contribution is -2.54. The van der Waals surface area contributed by atoms with Gasteiger partial charge in [0.1, 0.15) is 0 Å². The second-order valence-electron chi connectivity index (χ2n) is 8.18. The number of rotatable bonds is 0. The molecule has 3 N–H and O–H groups in total. The summed E-state index contributed by atoms with van der Waals surface area (Å²) in [7, 11) is 0. The average molecular weight is 302 g/mol. The van der Waals surface area contributed by atoms with Crippen LogP contribution in [0.5, 0.6) is 0 Å². The minimum atomic E-state index is -0.480. The molecule has 0 radical (unpaired) electrons. The standard InChI is InChI=1S/C19H26O3/c1-18-7-5-12(20)9-11(18)10-15(21)17-13-3-4-16(22)19(13,2)8-6-14(17)18/h3-5,7,10,12-17,20-22H,6,8-9H2,1-2H3/t12?,13-,14+,15?,16?,17-,18-,19-/m0/s1. The van der Waals surface area contributed by atoms with Crippen molar-refractivity contribution in [1.82, 2.24) is 0 Å². The van der Waals surface area contributed by atoms with Gasteiger partial charge in [-0.05, 0) is 37.0 Å². The lowest BCUT2D eigenvalue weighted by atomic mass is 9.48. The Kier molecular flexibility index (Phi) is 3.04. The van der Waals surface area contributed by atoms with Crippen LogP contribution in [0.4, 0.5) is 0 Å². The molecule has 0 bridgehead atoms. The second kappa shape index (κ2) is 4.56. The van der Waals surface area contributed by atoms with Crippen LogP contribution in [0.3, 0.4) is 0 Å². The Morgan fingerprint density at radius 1 is 1.09 bits per heavy atom. The Balaban J connectivity index is 1.78. The summed E-state index contributed by atoms with van der Waals surface area (Å²) < 4.78 is 0. The summed E-state index contributed by atoms with van der Waals surface area (Å²) in [6, 6.07) is 0. The van der Waals surface area contributed by atoms with E-state index in [4.69, 9.17) is 0 Å². The van der Waals surface area contributed by atoms with Crippen LogP contribution in [0.25, 0.3) is 0 Å². The molecule has 1 saturated carbocycles. The third-order valence-electron chi connectivity index (χ3n) is 7.13. The van der Waals surface area contributed by atoms with Crippen LogP contribution in [0.2, 0.25) is 0 Å². The summed E-state index contributed by atoms with van der Waals surface area (Å²) in [5.41, 5.74) is 0.982. The fourth-order valence-electron chi connectivity index (χ4n) is 5.66.